The van der Waals surface area contributed by atoms with Gasteiger partial charge in [0.1, 0.15) is 12.1 Å². The van der Waals surface area contributed by atoms with Gasteiger partial charge in [-0.15, -0.1) is 10.2 Å². The predicted octanol–water partition coefficient (Wildman–Crippen LogP) is 3.37. The number of hydrogen-bond acceptors (Lipinski definition) is 8. The van der Waals surface area contributed by atoms with Crippen LogP contribution in [-0.4, -0.2) is 55.9 Å². The highest BCUT2D eigenvalue weighted by Gasteiger charge is 2.13. The van der Waals surface area contributed by atoms with Gasteiger partial charge in [-0.05, 0) is 55.5 Å². The SMILES string of the molecule is CCOC(=O)c1ccn(-c2cccc(NC(=O)CSc3nncn3-c3ccc(OC)cc3)c2)n1. The number of rotatable bonds is 9. The molecule has 0 bridgehead atoms. The Morgan fingerprint density at radius 3 is 2.68 bits per heavy atom. The fourth-order valence-corrected chi connectivity index (χ4v) is 3.81. The second kappa shape index (κ2) is 10.7. The molecule has 2 heterocycles. The monoisotopic (exact) mass is 478 g/mol. The molecule has 1 N–H and O–H groups in total. The minimum absolute atomic E-state index is 0.147. The van der Waals surface area contributed by atoms with Gasteiger partial charge < -0.3 is 14.8 Å². The van der Waals surface area contributed by atoms with Gasteiger partial charge in [-0.3, -0.25) is 9.36 Å². The van der Waals surface area contributed by atoms with Crippen LogP contribution in [0, 0.1) is 0 Å². The molecule has 0 saturated heterocycles. The highest BCUT2D eigenvalue weighted by atomic mass is 32.2. The van der Waals surface area contributed by atoms with E-state index in [1.165, 1.54) is 11.8 Å². The maximum absolute atomic E-state index is 12.6. The van der Waals surface area contributed by atoms with E-state index in [2.05, 4.69) is 20.6 Å². The fourth-order valence-electron chi connectivity index (χ4n) is 3.08. The van der Waals surface area contributed by atoms with Gasteiger partial charge in [0.2, 0.25) is 5.91 Å². The Morgan fingerprint density at radius 2 is 1.91 bits per heavy atom. The van der Waals surface area contributed by atoms with Crippen LogP contribution in [0.5, 0.6) is 5.75 Å². The molecule has 0 unspecified atom stereocenters. The first-order valence-corrected chi connectivity index (χ1v) is 11.4. The van der Waals surface area contributed by atoms with E-state index in [1.54, 1.807) is 60.1 Å². The first kappa shape index (κ1) is 23.1. The summed E-state index contributed by atoms with van der Waals surface area (Å²) in [6.45, 7) is 2.02. The molecular weight excluding hydrogens is 456 g/mol. The number of nitrogens with zero attached hydrogens (tertiary/aromatic N) is 5. The summed E-state index contributed by atoms with van der Waals surface area (Å²) in [6.07, 6.45) is 3.26. The molecule has 10 nitrogen and oxygen atoms in total. The van der Waals surface area contributed by atoms with E-state index in [9.17, 15) is 9.59 Å². The Bertz CT molecular complexity index is 1280. The van der Waals surface area contributed by atoms with Crippen LogP contribution in [0.4, 0.5) is 5.69 Å². The summed E-state index contributed by atoms with van der Waals surface area (Å²) >= 11 is 1.27. The van der Waals surface area contributed by atoms with Gasteiger partial charge in [-0.1, -0.05) is 17.8 Å². The number of benzene rings is 2. The molecule has 0 fully saturated rings. The van der Waals surface area contributed by atoms with Crippen LogP contribution in [0.15, 0.2) is 72.3 Å². The average molecular weight is 479 g/mol. The first-order valence-electron chi connectivity index (χ1n) is 10.4. The minimum atomic E-state index is -0.481. The number of nitrogens with one attached hydrogen (secondary N) is 1. The quantitative estimate of drug-likeness (QED) is 0.288. The van der Waals surface area contributed by atoms with Crippen molar-refractivity contribution in [2.45, 2.75) is 12.1 Å². The third-order valence-electron chi connectivity index (χ3n) is 4.67. The number of thioether (sulfide) groups is 1. The van der Waals surface area contributed by atoms with Crippen molar-refractivity contribution in [1.29, 1.82) is 0 Å². The molecule has 4 aromatic rings. The zero-order chi connectivity index (χ0) is 23.9. The van der Waals surface area contributed by atoms with E-state index in [0.717, 1.165) is 11.4 Å². The van der Waals surface area contributed by atoms with Crippen LogP contribution in [-0.2, 0) is 9.53 Å². The summed E-state index contributed by atoms with van der Waals surface area (Å²) in [5.74, 6) is 0.220. The molecule has 4 rings (SSSR count). The largest absolute Gasteiger partial charge is 0.497 e. The number of aromatic nitrogens is 5. The van der Waals surface area contributed by atoms with Gasteiger partial charge in [0.05, 0.1) is 25.2 Å². The third kappa shape index (κ3) is 5.44. The molecule has 34 heavy (non-hydrogen) atoms. The van der Waals surface area contributed by atoms with Crippen LogP contribution < -0.4 is 10.1 Å². The Kier molecular flexibility index (Phi) is 7.23. The molecule has 174 valence electrons. The van der Waals surface area contributed by atoms with Crippen LogP contribution in [0.1, 0.15) is 17.4 Å². The maximum Gasteiger partial charge on any atom is 0.358 e. The molecule has 0 saturated carbocycles. The van der Waals surface area contributed by atoms with E-state index in [4.69, 9.17) is 9.47 Å². The van der Waals surface area contributed by atoms with Gasteiger partial charge >= 0.3 is 5.97 Å². The number of hydrogen-bond donors (Lipinski definition) is 1. The lowest BCUT2D eigenvalue weighted by atomic mass is 10.3. The highest BCUT2D eigenvalue weighted by molar-refractivity contribution is 7.99. The lowest BCUT2D eigenvalue weighted by molar-refractivity contribution is -0.113. The van der Waals surface area contributed by atoms with Crippen molar-refractivity contribution in [3.63, 3.8) is 0 Å². The number of amides is 1. The van der Waals surface area contributed by atoms with Crippen molar-refractivity contribution in [2.75, 3.05) is 24.8 Å². The molecule has 2 aromatic heterocycles. The fraction of sp³-hybridized carbons (Fsp3) is 0.174. The zero-order valence-corrected chi connectivity index (χ0v) is 19.4. The molecule has 0 aliphatic heterocycles. The molecule has 2 aromatic carbocycles. The number of methoxy groups -OCH3 is 1. The lowest BCUT2D eigenvalue weighted by Gasteiger charge is -2.09. The van der Waals surface area contributed by atoms with Gasteiger partial charge in [0.15, 0.2) is 10.9 Å². The second-order valence-corrected chi connectivity index (χ2v) is 7.88. The van der Waals surface area contributed by atoms with Crippen molar-refractivity contribution in [1.82, 2.24) is 24.5 Å². The number of esters is 1. The Balaban J connectivity index is 1.38. The van der Waals surface area contributed by atoms with Crippen molar-refractivity contribution in [3.8, 4) is 17.1 Å². The topological polar surface area (TPSA) is 113 Å². The van der Waals surface area contributed by atoms with E-state index >= 15 is 0 Å². The maximum atomic E-state index is 12.6. The summed E-state index contributed by atoms with van der Waals surface area (Å²) in [5.41, 5.74) is 2.38. The van der Waals surface area contributed by atoms with E-state index in [1.807, 2.05) is 30.3 Å². The Labute approximate surface area is 199 Å². The molecule has 0 aliphatic carbocycles. The van der Waals surface area contributed by atoms with Crippen LogP contribution in [0.3, 0.4) is 0 Å². The normalized spacial score (nSPS) is 10.6. The van der Waals surface area contributed by atoms with Crippen molar-refractivity contribution >= 4 is 29.3 Å². The van der Waals surface area contributed by atoms with E-state index < -0.39 is 5.97 Å². The van der Waals surface area contributed by atoms with E-state index in [0.29, 0.717) is 16.5 Å². The van der Waals surface area contributed by atoms with E-state index in [-0.39, 0.29) is 24.0 Å². The molecular formula is C23H22N6O4S. The van der Waals surface area contributed by atoms with Crippen molar-refractivity contribution in [2.24, 2.45) is 0 Å². The number of anilines is 1. The Hall–Kier alpha value is -4.12. The standard InChI is InChI=1S/C23H22N6O4S/c1-3-33-22(31)20-11-12-29(27-20)18-6-4-5-16(13-18)25-21(30)14-34-23-26-24-15-28(23)17-7-9-19(32-2)10-8-17/h4-13,15H,3,14H2,1-2H3,(H,25,30). The molecule has 0 aliphatic rings. The first-order chi connectivity index (χ1) is 16.6. The van der Waals surface area contributed by atoms with Crippen molar-refractivity contribution < 1.29 is 19.1 Å². The summed E-state index contributed by atoms with van der Waals surface area (Å²) in [7, 11) is 1.61. The van der Waals surface area contributed by atoms with Crippen LogP contribution in [0.2, 0.25) is 0 Å². The smallest absolute Gasteiger partial charge is 0.358 e. The lowest BCUT2D eigenvalue weighted by Crippen LogP contribution is -2.14. The number of carbonyl (C=O) groups excluding carboxylic acids is 2. The predicted molar refractivity (Wildman–Crippen MR) is 127 cm³/mol. The van der Waals surface area contributed by atoms with Crippen LogP contribution in [0.25, 0.3) is 11.4 Å². The summed E-state index contributed by atoms with van der Waals surface area (Å²) in [5, 5.41) is 15.8. The zero-order valence-electron chi connectivity index (χ0n) is 18.5. The number of carbonyl (C=O) groups is 2. The summed E-state index contributed by atoms with van der Waals surface area (Å²) in [6, 6.07) is 16.2. The van der Waals surface area contributed by atoms with Gasteiger partial charge in [0.25, 0.3) is 0 Å². The van der Waals surface area contributed by atoms with Gasteiger partial charge in [-0.2, -0.15) is 5.10 Å². The van der Waals surface area contributed by atoms with Crippen LogP contribution >= 0.6 is 11.8 Å². The van der Waals surface area contributed by atoms with Crippen molar-refractivity contribution in [3.05, 3.63) is 72.8 Å². The molecule has 0 radical (unpaired) electrons. The molecule has 11 heteroatoms. The van der Waals surface area contributed by atoms with Gasteiger partial charge in [0, 0.05) is 17.6 Å². The second-order valence-electron chi connectivity index (χ2n) is 6.93. The minimum Gasteiger partial charge on any atom is -0.497 e. The average Bonchev–Trinajstić information content (AvgIpc) is 3.53. The molecule has 1 amide bonds. The summed E-state index contributed by atoms with van der Waals surface area (Å²) in [4.78, 5) is 24.4. The highest BCUT2D eigenvalue weighted by Crippen LogP contribution is 2.22. The molecule has 0 spiro atoms. The Morgan fingerprint density at radius 1 is 1.09 bits per heavy atom. The number of ether oxygens (including phenoxy) is 2. The van der Waals surface area contributed by atoms with Gasteiger partial charge in [-0.25, -0.2) is 9.48 Å². The summed E-state index contributed by atoms with van der Waals surface area (Å²) < 4.78 is 13.5. The third-order valence-corrected chi connectivity index (χ3v) is 5.61. The molecule has 0 atom stereocenters.